The number of rotatable bonds is 5. The molecule has 0 saturated carbocycles. The average molecular weight is 298 g/mol. The van der Waals surface area contributed by atoms with Gasteiger partial charge in [-0.25, -0.2) is 21.6 Å². The van der Waals surface area contributed by atoms with Gasteiger partial charge >= 0.3 is 0 Å². The molecule has 1 rings (SSSR count). The summed E-state index contributed by atoms with van der Waals surface area (Å²) in [6.07, 6.45) is 2.71. The minimum absolute atomic E-state index is 0.0572. The molecule has 18 heavy (non-hydrogen) atoms. The van der Waals surface area contributed by atoms with Crippen LogP contribution in [-0.4, -0.2) is 52.7 Å². The molecule has 0 radical (unpaired) electrons. The molecule has 1 heterocycles. The van der Waals surface area contributed by atoms with Gasteiger partial charge in [-0.05, 0) is 26.7 Å². The molecule has 0 bridgehead atoms. The van der Waals surface area contributed by atoms with E-state index in [2.05, 4.69) is 17.0 Å². The lowest BCUT2D eigenvalue weighted by Crippen LogP contribution is -2.55. The van der Waals surface area contributed by atoms with E-state index in [4.69, 9.17) is 0 Å². The third-order valence-corrected chi connectivity index (χ3v) is 5.72. The predicted molar refractivity (Wildman–Crippen MR) is 71.7 cm³/mol. The van der Waals surface area contributed by atoms with Crippen LogP contribution in [0, 0.1) is 0 Å². The molecule has 6 nitrogen and oxygen atoms in total. The fourth-order valence-electron chi connectivity index (χ4n) is 2.04. The molecule has 0 amide bonds. The number of piperidine rings is 1. The number of hydrogen-bond acceptors (Lipinski definition) is 5. The first-order chi connectivity index (χ1) is 8.09. The Hall–Kier alpha value is -0.180. The number of sulfonamides is 1. The maximum absolute atomic E-state index is 11.8. The van der Waals surface area contributed by atoms with E-state index < -0.39 is 19.9 Å². The maximum Gasteiger partial charge on any atom is 0.212 e. The van der Waals surface area contributed by atoms with Gasteiger partial charge in [0.2, 0.25) is 10.0 Å². The highest BCUT2D eigenvalue weighted by Gasteiger charge is 2.28. The van der Waals surface area contributed by atoms with Crippen molar-refractivity contribution < 1.29 is 16.8 Å². The van der Waals surface area contributed by atoms with Crippen molar-refractivity contribution in [3.05, 3.63) is 0 Å². The number of sulfone groups is 1. The SMILES string of the molecule is CC1CCC(NS(=O)(=O)CCS(C)(=O)=O)C(C)N1. The van der Waals surface area contributed by atoms with Gasteiger partial charge in [-0.2, -0.15) is 0 Å². The summed E-state index contributed by atoms with van der Waals surface area (Å²) in [6.45, 7) is 3.99. The molecule has 0 aromatic heterocycles. The largest absolute Gasteiger partial charge is 0.310 e. The standard InChI is InChI=1S/C10H22N2O4S2/c1-8-4-5-10(9(2)11-8)12-18(15,16)7-6-17(3,13)14/h8-12H,4-7H2,1-3H3. The molecule has 1 fully saturated rings. The van der Waals surface area contributed by atoms with E-state index in [1.54, 1.807) is 0 Å². The van der Waals surface area contributed by atoms with E-state index >= 15 is 0 Å². The monoisotopic (exact) mass is 298 g/mol. The van der Waals surface area contributed by atoms with Gasteiger partial charge in [0.15, 0.2) is 0 Å². The Kier molecular flexibility index (Phi) is 5.16. The molecule has 1 aliphatic rings. The quantitative estimate of drug-likeness (QED) is 0.712. The summed E-state index contributed by atoms with van der Waals surface area (Å²) in [5.41, 5.74) is 0. The van der Waals surface area contributed by atoms with E-state index in [0.29, 0.717) is 6.04 Å². The highest BCUT2D eigenvalue weighted by molar-refractivity contribution is 7.93. The molecule has 0 aromatic carbocycles. The fraction of sp³-hybridized carbons (Fsp3) is 1.00. The third-order valence-electron chi connectivity index (χ3n) is 3.12. The molecule has 0 spiro atoms. The van der Waals surface area contributed by atoms with Crippen LogP contribution >= 0.6 is 0 Å². The molecule has 8 heteroatoms. The van der Waals surface area contributed by atoms with Crippen molar-refractivity contribution in [2.75, 3.05) is 17.8 Å². The molecule has 3 atom stereocenters. The molecular formula is C10H22N2O4S2. The average Bonchev–Trinajstić information content (AvgIpc) is 2.19. The summed E-state index contributed by atoms with van der Waals surface area (Å²) < 4.78 is 48.1. The topological polar surface area (TPSA) is 92.3 Å². The minimum Gasteiger partial charge on any atom is -0.310 e. The molecule has 2 N–H and O–H groups in total. The van der Waals surface area contributed by atoms with Crippen LogP contribution < -0.4 is 10.0 Å². The van der Waals surface area contributed by atoms with Crippen LogP contribution in [0.3, 0.4) is 0 Å². The Bertz CT molecular complexity index is 472. The van der Waals surface area contributed by atoms with Crippen LogP contribution in [0.1, 0.15) is 26.7 Å². The first-order valence-electron chi connectivity index (χ1n) is 6.03. The Morgan fingerprint density at radius 1 is 1.11 bits per heavy atom. The van der Waals surface area contributed by atoms with Crippen molar-refractivity contribution in [3.63, 3.8) is 0 Å². The predicted octanol–water partition coefficient (Wildman–Crippen LogP) is -0.521. The lowest BCUT2D eigenvalue weighted by Gasteiger charge is -2.34. The van der Waals surface area contributed by atoms with Crippen LogP contribution in [0.2, 0.25) is 0 Å². The van der Waals surface area contributed by atoms with Crippen molar-refractivity contribution in [3.8, 4) is 0 Å². The van der Waals surface area contributed by atoms with Gasteiger partial charge in [-0.1, -0.05) is 0 Å². The van der Waals surface area contributed by atoms with Crippen LogP contribution in [0.4, 0.5) is 0 Å². The van der Waals surface area contributed by atoms with Crippen molar-refractivity contribution in [2.45, 2.75) is 44.8 Å². The molecule has 0 aromatic rings. The Balaban J connectivity index is 2.55. The molecule has 1 aliphatic heterocycles. The summed E-state index contributed by atoms with van der Waals surface area (Å²) in [6, 6.07) is 0.282. The Labute approximate surface area is 110 Å². The minimum atomic E-state index is -3.53. The molecule has 0 aliphatic carbocycles. The van der Waals surface area contributed by atoms with Gasteiger partial charge in [0.1, 0.15) is 9.84 Å². The second-order valence-electron chi connectivity index (χ2n) is 5.11. The summed E-state index contributed by atoms with van der Waals surface area (Å²) in [4.78, 5) is 0. The number of hydrogen-bond donors (Lipinski definition) is 2. The zero-order chi connectivity index (χ0) is 14.0. The van der Waals surface area contributed by atoms with Crippen molar-refractivity contribution >= 4 is 19.9 Å². The van der Waals surface area contributed by atoms with Crippen molar-refractivity contribution in [1.29, 1.82) is 0 Å². The van der Waals surface area contributed by atoms with Gasteiger partial charge in [-0.15, -0.1) is 0 Å². The third kappa shape index (κ3) is 5.64. The van der Waals surface area contributed by atoms with Crippen molar-refractivity contribution in [1.82, 2.24) is 10.0 Å². The summed E-state index contributed by atoms with van der Waals surface area (Å²) in [5, 5.41) is 3.28. The zero-order valence-corrected chi connectivity index (χ0v) is 12.6. The molecule has 1 saturated heterocycles. The smallest absolute Gasteiger partial charge is 0.212 e. The van der Waals surface area contributed by atoms with Crippen LogP contribution in [0.25, 0.3) is 0 Å². The van der Waals surface area contributed by atoms with Gasteiger partial charge in [0, 0.05) is 24.4 Å². The molecular weight excluding hydrogens is 276 g/mol. The van der Waals surface area contributed by atoms with E-state index in [0.717, 1.165) is 19.1 Å². The fourth-order valence-corrected chi connectivity index (χ4v) is 5.03. The van der Waals surface area contributed by atoms with Crippen LogP contribution in [-0.2, 0) is 19.9 Å². The van der Waals surface area contributed by atoms with Crippen LogP contribution in [0.15, 0.2) is 0 Å². The maximum atomic E-state index is 11.8. The highest BCUT2D eigenvalue weighted by Crippen LogP contribution is 2.14. The molecule has 3 unspecified atom stereocenters. The molecule has 108 valence electrons. The van der Waals surface area contributed by atoms with Gasteiger partial charge in [0.25, 0.3) is 0 Å². The highest BCUT2D eigenvalue weighted by atomic mass is 32.2. The summed E-state index contributed by atoms with van der Waals surface area (Å²) >= 11 is 0. The lowest BCUT2D eigenvalue weighted by molar-refractivity contribution is 0.297. The second-order valence-corrected chi connectivity index (χ2v) is 9.24. The van der Waals surface area contributed by atoms with Crippen LogP contribution in [0.5, 0.6) is 0 Å². The Morgan fingerprint density at radius 3 is 2.22 bits per heavy atom. The summed E-state index contributed by atoms with van der Waals surface area (Å²) in [5.74, 6) is -0.710. The van der Waals surface area contributed by atoms with E-state index in [9.17, 15) is 16.8 Å². The number of nitrogens with one attached hydrogen (secondary N) is 2. The van der Waals surface area contributed by atoms with E-state index in [1.165, 1.54) is 0 Å². The van der Waals surface area contributed by atoms with Gasteiger partial charge in [0.05, 0.1) is 11.5 Å². The summed E-state index contributed by atoms with van der Waals surface area (Å²) in [7, 11) is -6.79. The van der Waals surface area contributed by atoms with Crippen molar-refractivity contribution in [2.24, 2.45) is 0 Å². The first-order valence-corrected chi connectivity index (χ1v) is 9.74. The van der Waals surface area contributed by atoms with E-state index in [1.807, 2.05) is 6.92 Å². The van der Waals surface area contributed by atoms with Gasteiger partial charge < -0.3 is 5.32 Å². The Morgan fingerprint density at radius 2 is 1.72 bits per heavy atom. The van der Waals surface area contributed by atoms with Gasteiger partial charge in [-0.3, -0.25) is 0 Å². The zero-order valence-electron chi connectivity index (χ0n) is 11.0. The normalized spacial score (nSPS) is 30.3. The van der Waals surface area contributed by atoms with E-state index in [-0.39, 0.29) is 23.6 Å². The lowest BCUT2D eigenvalue weighted by atomic mass is 9.96. The first kappa shape index (κ1) is 15.9. The second kappa shape index (κ2) is 5.85.